The maximum absolute atomic E-state index is 12.5. The van der Waals surface area contributed by atoms with Crippen molar-refractivity contribution in [3.63, 3.8) is 0 Å². The summed E-state index contributed by atoms with van der Waals surface area (Å²) in [5, 5.41) is 4.37. The summed E-state index contributed by atoms with van der Waals surface area (Å²) < 4.78 is 37.6. The van der Waals surface area contributed by atoms with Crippen LogP contribution in [0, 0.1) is 0 Å². The zero-order chi connectivity index (χ0) is 16.3. The molecule has 0 aliphatic carbocycles. The van der Waals surface area contributed by atoms with Crippen molar-refractivity contribution in [3.05, 3.63) is 57.7 Å². The molecule has 2 rings (SSSR count). The van der Waals surface area contributed by atoms with E-state index in [1.807, 2.05) is 0 Å². The molecule has 0 radical (unpaired) electrons. The van der Waals surface area contributed by atoms with Gasteiger partial charge >= 0.3 is 6.18 Å². The van der Waals surface area contributed by atoms with Crippen LogP contribution in [0.15, 0.2) is 41.6 Å². The molecule has 1 aromatic carbocycles. The van der Waals surface area contributed by atoms with Gasteiger partial charge in [0.2, 0.25) is 0 Å². The highest BCUT2D eigenvalue weighted by Crippen LogP contribution is 2.32. The third-order valence-electron chi connectivity index (χ3n) is 2.76. The number of nitrogens with one attached hydrogen (secondary N) is 1. The van der Waals surface area contributed by atoms with Gasteiger partial charge < -0.3 is 0 Å². The van der Waals surface area contributed by atoms with Crippen LogP contribution < -0.4 is 5.43 Å². The summed E-state index contributed by atoms with van der Waals surface area (Å²) in [7, 11) is 0. The Bertz CT molecular complexity index is 715. The molecule has 2 aromatic rings. The van der Waals surface area contributed by atoms with Gasteiger partial charge in [0, 0.05) is 16.8 Å². The van der Waals surface area contributed by atoms with Gasteiger partial charge in [-0.05, 0) is 19.1 Å². The van der Waals surface area contributed by atoms with Crippen LogP contribution in [0.2, 0.25) is 10.0 Å². The molecule has 1 N–H and O–H groups in total. The Labute approximate surface area is 134 Å². The summed E-state index contributed by atoms with van der Waals surface area (Å²) >= 11 is 11.8. The van der Waals surface area contributed by atoms with Gasteiger partial charge in [0.25, 0.3) is 0 Å². The molecule has 1 aromatic heterocycles. The highest BCUT2D eigenvalue weighted by molar-refractivity contribution is 6.34. The summed E-state index contributed by atoms with van der Waals surface area (Å²) in [4.78, 5) is 3.63. The highest BCUT2D eigenvalue weighted by Gasteiger charge is 2.31. The van der Waals surface area contributed by atoms with Crippen molar-refractivity contribution in [2.24, 2.45) is 5.10 Å². The van der Waals surface area contributed by atoms with Gasteiger partial charge in [-0.2, -0.15) is 18.3 Å². The Morgan fingerprint density at radius 3 is 2.45 bits per heavy atom. The van der Waals surface area contributed by atoms with Gasteiger partial charge in [-0.25, -0.2) is 4.98 Å². The van der Waals surface area contributed by atoms with Gasteiger partial charge in [0.15, 0.2) is 5.82 Å². The lowest BCUT2D eigenvalue weighted by atomic mass is 10.1. The fourth-order valence-electron chi connectivity index (χ4n) is 1.63. The quantitative estimate of drug-likeness (QED) is 0.608. The summed E-state index contributed by atoms with van der Waals surface area (Å²) in [6, 6.07) is 7.84. The predicted octanol–water partition coefficient (Wildman–Crippen LogP) is 5.24. The molecule has 0 atom stereocenters. The van der Waals surface area contributed by atoms with Crippen LogP contribution in [0.1, 0.15) is 18.1 Å². The average Bonchev–Trinajstić information content (AvgIpc) is 2.45. The van der Waals surface area contributed by atoms with Gasteiger partial charge in [-0.15, -0.1) is 0 Å². The maximum Gasteiger partial charge on any atom is 0.417 e. The van der Waals surface area contributed by atoms with Crippen LogP contribution in [-0.4, -0.2) is 10.7 Å². The molecule has 0 unspecified atom stereocenters. The number of pyridine rings is 1. The molecule has 8 heteroatoms. The highest BCUT2D eigenvalue weighted by atomic mass is 35.5. The number of hydrogen-bond donors (Lipinski definition) is 1. The predicted molar refractivity (Wildman–Crippen MR) is 81.5 cm³/mol. The number of anilines is 1. The Balaban J connectivity index is 2.21. The third-order valence-corrected chi connectivity index (χ3v) is 3.38. The SMILES string of the molecule is CC(=NNc1ncc(C(F)(F)F)cc1Cl)c1ccccc1Cl. The summed E-state index contributed by atoms with van der Waals surface area (Å²) in [6.07, 6.45) is -3.81. The van der Waals surface area contributed by atoms with Gasteiger partial charge in [-0.3, -0.25) is 5.43 Å². The molecule has 1 heterocycles. The molecule has 0 spiro atoms. The number of halogens is 5. The van der Waals surface area contributed by atoms with Crippen molar-refractivity contribution in [1.82, 2.24) is 4.98 Å². The van der Waals surface area contributed by atoms with E-state index in [0.29, 0.717) is 22.5 Å². The zero-order valence-electron chi connectivity index (χ0n) is 11.2. The first kappa shape index (κ1) is 16.6. The molecular formula is C14H10Cl2F3N3. The number of nitrogens with zero attached hydrogens (tertiary/aromatic N) is 2. The number of hydrazone groups is 1. The minimum atomic E-state index is -4.49. The Morgan fingerprint density at radius 2 is 1.86 bits per heavy atom. The summed E-state index contributed by atoms with van der Waals surface area (Å²) in [5.74, 6) is 0.0288. The van der Waals surface area contributed by atoms with Gasteiger partial charge in [0.05, 0.1) is 16.3 Å². The topological polar surface area (TPSA) is 37.3 Å². The minimum Gasteiger partial charge on any atom is -0.260 e. The van der Waals surface area contributed by atoms with Gasteiger partial charge in [0.1, 0.15) is 0 Å². The van der Waals surface area contributed by atoms with Crippen LogP contribution in [0.25, 0.3) is 0 Å². The molecule has 0 saturated carbocycles. The molecule has 0 aliphatic rings. The lowest BCUT2D eigenvalue weighted by molar-refractivity contribution is -0.137. The van der Waals surface area contributed by atoms with Crippen molar-refractivity contribution in [3.8, 4) is 0 Å². The van der Waals surface area contributed by atoms with Crippen molar-refractivity contribution in [1.29, 1.82) is 0 Å². The summed E-state index contributed by atoms with van der Waals surface area (Å²) in [5.41, 5.74) is 2.85. The van der Waals surface area contributed by atoms with E-state index in [2.05, 4.69) is 15.5 Å². The standard InChI is InChI=1S/C14H10Cl2F3N3/c1-8(10-4-2-3-5-11(10)15)21-22-13-12(16)6-9(7-20-13)14(17,18)19/h2-7H,1H3,(H,20,22). The minimum absolute atomic E-state index is 0.0288. The van der Waals surface area contributed by atoms with E-state index in [1.165, 1.54) is 0 Å². The van der Waals surface area contributed by atoms with Gasteiger partial charge in [-0.1, -0.05) is 41.4 Å². The lowest BCUT2D eigenvalue weighted by Crippen LogP contribution is -2.07. The number of benzene rings is 1. The zero-order valence-corrected chi connectivity index (χ0v) is 12.8. The van der Waals surface area contributed by atoms with E-state index in [9.17, 15) is 13.2 Å². The number of rotatable bonds is 3. The molecule has 3 nitrogen and oxygen atoms in total. The van der Waals surface area contributed by atoms with E-state index in [4.69, 9.17) is 23.2 Å². The smallest absolute Gasteiger partial charge is 0.260 e. The Morgan fingerprint density at radius 1 is 1.18 bits per heavy atom. The lowest BCUT2D eigenvalue weighted by Gasteiger charge is -2.09. The van der Waals surface area contributed by atoms with E-state index in [1.54, 1.807) is 31.2 Å². The fourth-order valence-corrected chi connectivity index (χ4v) is 2.11. The second-order valence-corrected chi connectivity index (χ2v) is 5.16. The fraction of sp³-hybridized carbons (Fsp3) is 0.143. The molecule has 0 fully saturated rings. The second kappa shape index (κ2) is 6.54. The van der Waals surface area contributed by atoms with Crippen molar-refractivity contribution in [2.45, 2.75) is 13.1 Å². The third kappa shape index (κ3) is 3.90. The molecule has 22 heavy (non-hydrogen) atoms. The summed E-state index contributed by atoms with van der Waals surface area (Å²) in [6.45, 7) is 1.70. The van der Waals surface area contributed by atoms with Crippen molar-refractivity contribution < 1.29 is 13.2 Å². The van der Waals surface area contributed by atoms with Crippen LogP contribution in [0.3, 0.4) is 0 Å². The maximum atomic E-state index is 12.5. The Hall–Kier alpha value is -1.79. The number of aromatic nitrogens is 1. The molecule has 0 saturated heterocycles. The molecular weight excluding hydrogens is 338 g/mol. The van der Waals surface area contributed by atoms with E-state index >= 15 is 0 Å². The number of alkyl halides is 3. The molecule has 0 bridgehead atoms. The normalized spacial score (nSPS) is 12.4. The first-order valence-electron chi connectivity index (χ1n) is 6.07. The van der Waals surface area contributed by atoms with Crippen molar-refractivity contribution in [2.75, 3.05) is 5.43 Å². The van der Waals surface area contributed by atoms with E-state index < -0.39 is 11.7 Å². The van der Waals surface area contributed by atoms with Crippen molar-refractivity contribution >= 4 is 34.7 Å². The van der Waals surface area contributed by atoms with Crippen LogP contribution in [-0.2, 0) is 6.18 Å². The largest absolute Gasteiger partial charge is 0.417 e. The van der Waals surface area contributed by atoms with Crippen LogP contribution >= 0.6 is 23.2 Å². The molecule has 116 valence electrons. The van der Waals surface area contributed by atoms with E-state index in [0.717, 1.165) is 6.07 Å². The van der Waals surface area contributed by atoms with E-state index in [-0.39, 0.29) is 10.8 Å². The van der Waals surface area contributed by atoms with Crippen LogP contribution in [0.5, 0.6) is 0 Å². The average molecular weight is 348 g/mol. The first-order chi connectivity index (χ1) is 10.3. The monoisotopic (exact) mass is 347 g/mol. The molecule has 0 aliphatic heterocycles. The van der Waals surface area contributed by atoms with Crippen LogP contribution in [0.4, 0.5) is 19.0 Å². The second-order valence-electron chi connectivity index (χ2n) is 4.34. The first-order valence-corrected chi connectivity index (χ1v) is 6.82. The molecule has 0 amide bonds. The number of hydrogen-bond acceptors (Lipinski definition) is 3. The Kier molecular flexibility index (Phi) is 4.93.